The summed E-state index contributed by atoms with van der Waals surface area (Å²) in [5.74, 6) is -0.258. The van der Waals surface area contributed by atoms with Gasteiger partial charge in [-0.2, -0.15) is 0 Å². The van der Waals surface area contributed by atoms with Gasteiger partial charge in [-0.1, -0.05) is 49.4 Å². The van der Waals surface area contributed by atoms with Crippen molar-refractivity contribution in [3.8, 4) is 0 Å². The van der Waals surface area contributed by atoms with E-state index in [2.05, 4.69) is 10.6 Å². The molecule has 0 aliphatic carbocycles. The summed E-state index contributed by atoms with van der Waals surface area (Å²) in [4.78, 5) is 24.5. The van der Waals surface area contributed by atoms with Gasteiger partial charge < -0.3 is 10.6 Å². The number of anilines is 1. The van der Waals surface area contributed by atoms with Crippen molar-refractivity contribution >= 4 is 17.5 Å². The molecule has 0 aliphatic heterocycles. The number of carbonyl (C=O) groups is 2. The summed E-state index contributed by atoms with van der Waals surface area (Å²) in [6, 6.07) is 17.1. The Morgan fingerprint density at radius 3 is 2.38 bits per heavy atom. The molecule has 0 bridgehead atoms. The zero-order valence-corrected chi connectivity index (χ0v) is 14.2. The number of hydrogen-bond acceptors (Lipinski definition) is 2. The molecule has 0 aliphatic rings. The lowest BCUT2D eigenvalue weighted by atomic mass is 10.1. The van der Waals surface area contributed by atoms with Crippen LogP contribution < -0.4 is 10.6 Å². The minimum Gasteiger partial charge on any atom is -0.350 e. The van der Waals surface area contributed by atoms with Crippen LogP contribution >= 0.6 is 0 Å². The molecule has 2 rings (SSSR count). The third-order valence-corrected chi connectivity index (χ3v) is 3.92. The number of nitrogens with one attached hydrogen (secondary N) is 2. The van der Waals surface area contributed by atoms with Crippen molar-refractivity contribution in [2.45, 2.75) is 39.2 Å². The zero-order valence-electron chi connectivity index (χ0n) is 14.2. The molecule has 2 amide bonds. The van der Waals surface area contributed by atoms with Gasteiger partial charge in [0.1, 0.15) is 0 Å². The van der Waals surface area contributed by atoms with Crippen molar-refractivity contribution in [1.29, 1.82) is 0 Å². The van der Waals surface area contributed by atoms with Crippen LogP contribution in [0.1, 0.15) is 42.6 Å². The smallest absolute Gasteiger partial charge is 0.253 e. The van der Waals surface area contributed by atoms with Crippen molar-refractivity contribution in [3.63, 3.8) is 0 Å². The van der Waals surface area contributed by atoms with Crippen LogP contribution in [0.5, 0.6) is 0 Å². The van der Waals surface area contributed by atoms with Crippen molar-refractivity contribution in [2.24, 2.45) is 0 Å². The topological polar surface area (TPSA) is 58.2 Å². The fourth-order valence-corrected chi connectivity index (χ4v) is 2.31. The number of hydrogen-bond donors (Lipinski definition) is 2. The van der Waals surface area contributed by atoms with Crippen molar-refractivity contribution in [1.82, 2.24) is 5.32 Å². The highest BCUT2D eigenvalue weighted by Crippen LogP contribution is 2.16. The Kier molecular flexibility index (Phi) is 6.55. The summed E-state index contributed by atoms with van der Waals surface area (Å²) in [6.07, 6.45) is 1.91. The van der Waals surface area contributed by atoms with E-state index in [1.165, 1.54) is 0 Å². The van der Waals surface area contributed by atoms with E-state index < -0.39 is 0 Å². The van der Waals surface area contributed by atoms with Crippen LogP contribution in [-0.4, -0.2) is 17.9 Å². The number of para-hydroxylation sites is 1. The van der Waals surface area contributed by atoms with Crippen LogP contribution in [-0.2, 0) is 11.2 Å². The first-order valence-corrected chi connectivity index (χ1v) is 8.33. The predicted octanol–water partition coefficient (Wildman–Crippen LogP) is 3.79. The van der Waals surface area contributed by atoms with Crippen LogP contribution in [0.15, 0.2) is 54.6 Å². The van der Waals surface area contributed by atoms with E-state index in [0.29, 0.717) is 24.1 Å². The number of rotatable bonds is 7. The molecule has 0 spiro atoms. The van der Waals surface area contributed by atoms with Crippen LogP contribution in [0.25, 0.3) is 0 Å². The average Bonchev–Trinajstić information content (AvgIpc) is 2.61. The van der Waals surface area contributed by atoms with Gasteiger partial charge in [0.25, 0.3) is 5.91 Å². The zero-order chi connectivity index (χ0) is 17.4. The molecule has 24 heavy (non-hydrogen) atoms. The van der Waals surface area contributed by atoms with Crippen LogP contribution in [0.2, 0.25) is 0 Å². The Hall–Kier alpha value is -2.62. The van der Waals surface area contributed by atoms with Gasteiger partial charge in [-0.3, -0.25) is 9.59 Å². The molecule has 126 valence electrons. The molecular weight excluding hydrogens is 300 g/mol. The van der Waals surface area contributed by atoms with Crippen LogP contribution in [0.4, 0.5) is 5.69 Å². The maximum atomic E-state index is 12.3. The van der Waals surface area contributed by atoms with Crippen LogP contribution in [0.3, 0.4) is 0 Å². The lowest BCUT2D eigenvalue weighted by molar-refractivity contribution is -0.116. The van der Waals surface area contributed by atoms with E-state index in [1.807, 2.05) is 50.2 Å². The molecule has 2 N–H and O–H groups in total. The SMILES string of the molecule is CC[C@@H](C)NC(=O)c1ccccc1NC(=O)CCc1ccccc1. The maximum absolute atomic E-state index is 12.3. The number of carbonyl (C=O) groups excluding carboxylic acids is 2. The summed E-state index contributed by atoms with van der Waals surface area (Å²) >= 11 is 0. The Labute approximate surface area is 143 Å². The third-order valence-electron chi connectivity index (χ3n) is 3.92. The second-order valence-corrected chi connectivity index (χ2v) is 5.86. The van der Waals surface area contributed by atoms with E-state index in [0.717, 1.165) is 12.0 Å². The lowest BCUT2D eigenvalue weighted by Crippen LogP contribution is -2.32. The fourth-order valence-electron chi connectivity index (χ4n) is 2.31. The van der Waals surface area contributed by atoms with Crippen molar-refractivity contribution < 1.29 is 9.59 Å². The van der Waals surface area contributed by atoms with E-state index in [9.17, 15) is 9.59 Å². The molecule has 0 saturated carbocycles. The molecule has 0 heterocycles. The Morgan fingerprint density at radius 2 is 1.67 bits per heavy atom. The lowest BCUT2D eigenvalue weighted by Gasteiger charge is -2.14. The number of benzene rings is 2. The molecule has 0 fully saturated rings. The van der Waals surface area contributed by atoms with E-state index in [-0.39, 0.29) is 17.9 Å². The molecule has 4 heteroatoms. The fraction of sp³-hybridized carbons (Fsp3) is 0.300. The molecule has 2 aromatic carbocycles. The summed E-state index contributed by atoms with van der Waals surface area (Å²) in [5.41, 5.74) is 2.16. The highest BCUT2D eigenvalue weighted by molar-refractivity contribution is 6.03. The second-order valence-electron chi connectivity index (χ2n) is 5.86. The molecule has 0 aromatic heterocycles. The van der Waals surface area contributed by atoms with Gasteiger partial charge in [0.2, 0.25) is 5.91 Å². The number of amides is 2. The minimum absolute atomic E-state index is 0.0948. The van der Waals surface area contributed by atoms with E-state index in [1.54, 1.807) is 18.2 Å². The first-order chi connectivity index (χ1) is 11.6. The largest absolute Gasteiger partial charge is 0.350 e. The summed E-state index contributed by atoms with van der Waals surface area (Å²) < 4.78 is 0. The molecule has 1 atom stereocenters. The highest BCUT2D eigenvalue weighted by atomic mass is 16.2. The van der Waals surface area contributed by atoms with E-state index in [4.69, 9.17) is 0 Å². The minimum atomic E-state index is -0.164. The summed E-state index contributed by atoms with van der Waals surface area (Å²) in [7, 11) is 0. The molecule has 2 aromatic rings. The second kappa shape index (κ2) is 8.87. The Morgan fingerprint density at radius 1 is 1.00 bits per heavy atom. The van der Waals surface area contributed by atoms with Crippen molar-refractivity contribution in [3.05, 3.63) is 65.7 Å². The van der Waals surface area contributed by atoms with Gasteiger partial charge in [-0.25, -0.2) is 0 Å². The van der Waals surface area contributed by atoms with Gasteiger partial charge in [0.05, 0.1) is 11.3 Å². The normalized spacial score (nSPS) is 11.6. The highest BCUT2D eigenvalue weighted by Gasteiger charge is 2.14. The third kappa shape index (κ3) is 5.23. The predicted molar refractivity (Wildman–Crippen MR) is 97.1 cm³/mol. The Balaban J connectivity index is 1.99. The average molecular weight is 324 g/mol. The quantitative estimate of drug-likeness (QED) is 0.814. The molecule has 0 saturated heterocycles. The molecular formula is C20H24N2O2. The summed E-state index contributed by atoms with van der Waals surface area (Å²) in [5, 5.41) is 5.78. The summed E-state index contributed by atoms with van der Waals surface area (Å²) in [6.45, 7) is 3.97. The van der Waals surface area contributed by atoms with E-state index >= 15 is 0 Å². The van der Waals surface area contributed by atoms with Crippen LogP contribution in [0, 0.1) is 0 Å². The first kappa shape index (κ1) is 17.7. The van der Waals surface area contributed by atoms with Gasteiger partial charge >= 0.3 is 0 Å². The molecule has 4 nitrogen and oxygen atoms in total. The molecule has 0 radical (unpaired) electrons. The number of aryl methyl sites for hydroxylation is 1. The van der Waals surface area contributed by atoms with Gasteiger partial charge in [-0.15, -0.1) is 0 Å². The Bertz CT molecular complexity index is 683. The monoisotopic (exact) mass is 324 g/mol. The molecule has 0 unspecified atom stereocenters. The standard InChI is InChI=1S/C20H24N2O2/c1-3-15(2)21-20(24)17-11-7-8-12-18(17)22-19(23)14-13-16-9-5-4-6-10-16/h4-12,15H,3,13-14H2,1-2H3,(H,21,24)(H,22,23)/t15-/m1/s1. The first-order valence-electron chi connectivity index (χ1n) is 8.33. The van der Waals surface area contributed by atoms with Gasteiger partial charge in [0.15, 0.2) is 0 Å². The van der Waals surface area contributed by atoms with Crippen molar-refractivity contribution in [2.75, 3.05) is 5.32 Å². The maximum Gasteiger partial charge on any atom is 0.253 e. The van der Waals surface area contributed by atoms with Gasteiger partial charge in [-0.05, 0) is 37.5 Å². The van der Waals surface area contributed by atoms with Gasteiger partial charge in [0, 0.05) is 12.5 Å².